The first-order chi connectivity index (χ1) is 10.4. The largest absolute Gasteiger partial charge is 0.478 e. The molecule has 1 heterocycles. The maximum absolute atomic E-state index is 11.8. The third-order valence-corrected chi connectivity index (χ3v) is 3.48. The highest BCUT2D eigenvalue weighted by Crippen LogP contribution is 2.31. The van der Waals surface area contributed by atoms with E-state index >= 15 is 0 Å². The van der Waals surface area contributed by atoms with E-state index in [2.05, 4.69) is 4.74 Å². The third kappa shape index (κ3) is 4.58. The monoisotopic (exact) mass is 325 g/mol. The molecule has 0 amide bonds. The molecule has 1 aromatic rings. The van der Waals surface area contributed by atoms with Gasteiger partial charge in [-0.25, -0.2) is 4.79 Å². The summed E-state index contributed by atoms with van der Waals surface area (Å²) in [4.78, 5) is 24.7. The Balaban J connectivity index is 0.000000745. The number of carboxylic acid groups (broad SMARTS) is 1. The first kappa shape index (κ1) is 18.2. The molecule has 22 heavy (non-hydrogen) atoms. The Morgan fingerprint density at radius 2 is 1.91 bits per heavy atom. The van der Waals surface area contributed by atoms with Gasteiger partial charge in [-0.3, -0.25) is 4.79 Å². The van der Waals surface area contributed by atoms with Crippen molar-refractivity contribution in [2.75, 3.05) is 20.8 Å². The van der Waals surface area contributed by atoms with Crippen LogP contribution in [0.3, 0.4) is 0 Å². The topological polar surface area (TPSA) is 66.8 Å². The molecule has 1 aromatic carbocycles. The summed E-state index contributed by atoms with van der Waals surface area (Å²) in [5.41, 5.74) is 0.812. The zero-order valence-corrected chi connectivity index (χ0v) is 13.6. The summed E-state index contributed by atoms with van der Waals surface area (Å²) >= 11 is 5.84. The number of hydrogen-bond acceptors (Lipinski definition) is 4. The molecule has 1 N–H and O–H groups in total. The summed E-state index contributed by atoms with van der Waals surface area (Å²) < 4.78 is 4.25. The van der Waals surface area contributed by atoms with E-state index in [4.69, 9.17) is 16.7 Å². The Hall–Kier alpha value is -1.85. The fourth-order valence-corrected chi connectivity index (χ4v) is 2.34. The standard InChI is InChI=1S/C14H14ClNO3.C2H6O/c1-2-16-8-11(14(18)19)13(17)7-12(16)9-3-5-10(15)6-4-9;1-3-2/h3-6,8,12H,2,7H2,1H3,(H,18,19);1-2H3. The minimum absolute atomic E-state index is 0.127. The fraction of sp³-hybridized carbons (Fsp3) is 0.375. The lowest BCUT2D eigenvalue weighted by Crippen LogP contribution is -2.33. The Bertz CT molecular complexity index is 554. The van der Waals surface area contributed by atoms with Crippen LogP contribution in [0, 0.1) is 0 Å². The number of carbonyl (C=O) groups is 2. The normalized spacial score (nSPS) is 17.5. The summed E-state index contributed by atoms with van der Waals surface area (Å²) in [5.74, 6) is -1.50. The lowest BCUT2D eigenvalue weighted by atomic mass is 9.93. The molecule has 0 saturated carbocycles. The van der Waals surface area contributed by atoms with Gasteiger partial charge in [-0.2, -0.15) is 0 Å². The number of methoxy groups -OCH3 is 1. The number of carboxylic acids is 1. The maximum Gasteiger partial charge on any atom is 0.340 e. The van der Waals surface area contributed by atoms with E-state index in [1.165, 1.54) is 6.20 Å². The molecule has 0 aromatic heterocycles. The van der Waals surface area contributed by atoms with Gasteiger partial charge in [0.1, 0.15) is 5.57 Å². The Kier molecular flexibility index (Phi) is 7.08. The number of nitrogens with zero attached hydrogens (tertiary/aromatic N) is 1. The van der Waals surface area contributed by atoms with Crippen molar-refractivity contribution in [2.45, 2.75) is 19.4 Å². The molecule has 2 rings (SSSR count). The van der Waals surface area contributed by atoms with Gasteiger partial charge in [-0.15, -0.1) is 0 Å². The molecule has 1 aliphatic rings. The summed E-state index contributed by atoms with van der Waals surface area (Å²) in [5, 5.41) is 9.62. The number of ketones is 1. The highest BCUT2D eigenvalue weighted by molar-refractivity contribution is 6.30. The number of benzene rings is 1. The predicted molar refractivity (Wildman–Crippen MR) is 84.8 cm³/mol. The summed E-state index contributed by atoms with van der Waals surface area (Å²) in [6.45, 7) is 2.56. The van der Waals surface area contributed by atoms with Crippen molar-refractivity contribution in [3.63, 3.8) is 0 Å². The van der Waals surface area contributed by atoms with Gasteiger partial charge in [0.05, 0.1) is 6.04 Å². The van der Waals surface area contributed by atoms with Crippen LogP contribution in [-0.4, -0.2) is 42.5 Å². The summed E-state index contributed by atoms with van der Waals surface area (Å²) in [7, 11) is 3.25. The second-order valence-electron chi connectivity index (χ2n) is 4.78. The molecule has 1 aliphatic heterocycles. The van der Waals surface area contributed by atoms with Crippen LogP contribution in [-0.2, 0) is 14.3 Å². The number of aliphatic carboxylic acids is 1. The van der Waals surface area contributed by atoms with Gasteiger partial charge in [-0.1, -0.05) is 23.7 Å². The van der Waals surface area contributed by atoms with Crippen molar-refractivity contribution >= 4 is 23.4 Å². The van der Waals surface area contributed by atoms with Crippen LogP contribution in [0.2, 0.25) is 5.02 Å². The van der Waals surface area contributed by atoms with Gasteiger partial charge in [0.15, 0.2) is 5.78 Å². The van der Waals surface area contributed by atoms with Gasteiger partial charge >= 0.3 is 5.97 Å². The van der Waals surface area contributed by atoms with Gasteiger partial charge in [0.25, 0.3) is 0 Å². The molecule has 120 valence electrons. The van der Waals surface area contributed by atoms with Crippen LogP contribution in [0.1, 0.15) is 24.9 Å². The van der Waals surface area contributed by atoms with E-state index in [1.807, 2.05) is 24.0 Å². The molecule has 0 fully saturated rings. The zero-order chi connectivity index (χ0) is 16.7. The molecule has 1 unspecified atom stereocenters. The molecule has 0 aliphatic carbocycles. The fourth-order valence-electron chi connectivity index (χ4n) is 2.21. The van der Waals surface area contributed by atoms with Crippen molar-refractivity contribution in [3.05, 3.63) is 46.6 Å². The van der Waals surface area contributed by atoms with Gasteiger partial charge in [0, 0.05) is 38.4 Å². The van der Waals surface area contributed by atoms with Crippen molar-refractivity contribution in [1.29, 1.82) is 0 Å². The first-order valence-corrected chi connectivity index (χ1v) is 7.22. The highest BCUT2D eigenvalue weighted by atomic mass is 35.5. The Morgan fingerprint density at radius 3 is 2.36 bits per heavy atom. The minimum atomic E-state index is -1.17. The molecular weight excluding hydrogens is 306 g/mol. The number of Topliss-reactive ketones (excluding diaryl/α,β-unsaturated/α-hetero) is 1. The molecule has 6 heteroatoms. The van der Waals surface area contributed by atoms with Crippen molar-refractivity contribution < 1.29 is 19.4 Å². The number of ether oxygens (including phenoxy) is 1. The maximum atomic E-state index is 11.8. The van der Waals surface area contributed by atoms with Crippen LogP contribution in [0.4, 0.5) is 0 Å². The minimum Gasteiger partial charge on any atom is -0.478 e. The van der Waals surface area contributed by atoms with E-state index in [-0.39, 0.29) is 23.8 Å². The molecule has 0 saturated heterocycles. The van der Waals surface area contributed by atoms with Gasteiger partial charge < -0.3 is 14.7 Å². The predicted octanol–water partition coefficient (Wildman–Crippen LogP) is 2.91. The van der Waals surface area contributed by atoms with E-state index in [0.717, 1.165) is 5.56 Å². The van der Waals surface area contributed by atoms with E-state index in [9.17, 15) is 9.59 Å². The Labute approximate surface area is 135 Å². The molecule has 0 radical (unpaired) electrons. The third-order valence-electron chi connectivity index (χ3n) is 3.22. The zero-order valence-electron chi connectivity index (χ0n) is 12.9. The average molecular weight is 326 g/mol. The average Bonchev–Trinajstić information content (AvgIpc) is 2.48. The van der Waals surface area contributed by atoms with Crippen LogP contribution in [0.15, 0.2) is 36.0 Å². The quantitative estimate of drug-likeness (QED) is 0.865. The van der Waals surface area contributed by atoms with Gasteiger partial charge in [0.2, 0.25) is 0 Å². The first-order valence-electron chi connectivity index (χ1n) is 6.84. The van der Waals surface area contributed by atoms with Crippen molar-refractivity contribution in [1.82, 2.24) is 4.90 Å². The second kappa shape index (κ2) is 8.56. The van der Waals surface area contributed by atoms with Crippen LogP contribution in [0.5, 0.6) is 0 Å². The Morgan fingerprint density at radius 1 is 1.36 bits per heavy atom. The molecule has 0 bridgehead atoms. The smallest absolute Gasteiger partial charge is 0.340 e. The number of hydrogen-bond donors (Lipinski definition) is 1. The van der Waals surface area contributed by atoms with Crippen LogP contribution in [0.25, 0.3) is 0 Å². The number of rotatable bonds is 3. The SMILES string of the molecule is CCN1C=C(C(=O)O)C(=O)CC1c1ccc(Cl)cc1.COC. The van der Waals surface area contributed by atoms with Crippen molar-refractivity contribution in [3.8, 4) is 0 Å². The number of carbonyl (C=O) groups excluding carboxylic acids is 1. The van der Waals surface area contributed by atoms with Gasteiger partial charge in [-0.05, 0) is 24.6 Å². The molecule has 0 spiro atoms. The number of halogens is 1. The lowest BCUT2D eigenvalue weighted by molar-refractivity contribution is -0.135. The highest BCUT2D eigenvalue weighted by Gasteiger charge is 2.30. The van der Waals surface area contributed by atoms with Crippen LogP contribution >= 0.6 is 11.6 Å². The molecular formula is C16H20ClNO4. The summed E-state index contributed by atoms with van der Waals surface area (Å²) in [6.07, 6.45) is 1.61. The molecule has 5 nitrogen and oxygen atoms in total. The van der Waals surface area contributed by atoms with E-state index in [1.54, 1.807) is 26.4 Å². The van der Waals surface area contributed by atoms with E-state index in [0.29, 0.717) is 11.6 Å². The van der Waals surface area contributed by atoms with E-state index < -0.39 is 5.97 Å². The van der Waals surface area contributed by atoms with Crippen LogP contribution < -0.4 is 0 Å². The molecule has 1 atom stereocenters. The lowest BCUT2D eigenvalue weighted by Gasteiger charge is -2.33. The second-order valence-corrected chi connectivity index (χ2v) is 5.22. The van der Waals surface area contributed by atoms with Crippen molar-refractivity contribution in [2.24, 2.45) is 0 Å². The summed E-state index contributed by atoms with van der Waals surface area (Å²) in [6, 6.07) is 7.14.